The van der Waals surface area contributed by atoms with Gasteiger partial charge in [0.25, 0.3) is 0 Å². The Morgan fingerprint density at radius 3 is 2.64 bits per heavy atom. The molecule has 0 spiro atoms. The van der Waals surface area contributed by atoms with E-state index in [0.717, 1.165) is 26.2 Å². The van der Waals surface area contributed by atoms with Crippen LogP contribution in [0, 0.1) is 0 Å². The summed E-state index contributed by atoms with van der Waals surface area (Å²) < 4.78 is 0. The molecule has 0 unspecified atom stereocenters. The van der Waals surface area contributed by atoms with E-state index >= 15 is 0 Å². The molecule has 0 atom stereocenters. The molecule has 0 fully saturated rings. The molecule has 0 aliphatic rings. The molecule has 0 aliphatic heterocycles. The fraction of sp³-hybridized carbons (Fsp3) is 0.778. The standard InChI is InChI=1S/C9H20N2/c1-3-5-8-11(7-4-2)9-6-10/h4H,2-3,5-10H2,1H3. The SMILES string of the molecule is C=CCN(CCN)CCCC. The molecule has 0 aromatic heterocycles. The highest BCUT2D eigenvalue weighted by Gasteiger charge is 1.98. The Balaban J connectivity index is 3.41. The normalized spacial score (nSPS) is 10.5. The first-order valence-corrected chi connectivity index (χ1v) is 4.38. The highest BCUT2D eigenvalue weighted by molar-refractivity contribution is 4.73. The van der Waals surface area contributed by atoms with Crippen LogP contribution in [-0.2, 0) is 0 Å². The summed E-state index contributed by atoms with van der Waals surface area (Å²) in [5.74, 6) is 0. The minimum Gasteiger partial charge on any atom is -0.329 e. The third-order valence-electron chi connectivity index (χ3n) is 1.66. The van der Waals surface area contributed by atoms with Crippen molar-refractivity contribution in [2.45, 2.75) is 19.8 Å². The fourth-order valence-corrected chi connectivity index (χ4v) is 1.04. The second-order valence-corrected chi connectivity index (χ2v) is 2.73. The number of nitrogens with zero attached hydrogens (tertiary/aromatic N) is 1. The summed E-state index contributed by atoms with van der Waals surface area (Å²) in [6, 6.07) is 0. The maximum atomic E-state index is 5.46. The Bertz CT molecular complexity index is 91.6. The van der Waals surface area contributed by atoms with E-state index in [-0.39, 0.29) is 0 Å². The van der Waals surface area contributed by atoms with Crippen LogP contribution < -0.4 is 5.73 Å². The van der Waals surface area contributed by atoms with Crippen molar-refractivity contribution in [3.05, 3.63) is 12.7 Å². The highest BCUT2D eigenvalue weighted by Crippen LogP contribution is 1.93. The van der Waals surface area contributed by atoms with E-state index in [4.69, 9.17) is 5.73 Å². The second-order valence-electron chi connectivity index (χ2n) is 2.73. The predicted molar refractivity (Wildman–Crippen MR) is 50.6 cm³/mol. The first kappa shape index (κ1) is 10.7. The van der Waals surface area contributed by atoms with Crippen LogP contribution in [0.3, 0.4) is 0 Å². The first-order valence-electron chi connectivity index (χ1n) is 4.38. The summed E-state index contributed by atoms with van der Waals surface area (Å²) in [6.45, 7) is 9.77. The lowest BCUT2D eigenvalue weighted by Gasteiger charge is -2.18. The number of rotatable bonds is 7. The van der Waals surface area contributed by atoms with Gasteiger partial charge in [-0.2, -0.15) is 0 Å². The zero-order valence-corrected chi connectivity index (χ0v) is 7.55. The van der Waals surface area contributed by atoms with E-state index in [9.17, 15) is 0 Å². The van der Waals surface area contributed by atoms with Gasteiger partial charge in [0, 0.05) is 19.6 Å². The van der Waals surface area contributed by atoms with Gasteiger partial charge in [0.2, 0.25) is 0 Å². The Labute approximate surface area is 70.1 Å². The summed E-state index contributed by atoms with van der Waals surface area (Å²) in [6.07, 6.45) is 4.44. The quantitative estimate of drug-likeness (QED) is 0.562. The van der Waals surface area contributed by atoms with Crippen LogP contribution in [0.1, 0.15) is 19.8 Å². The summed E-state index contributed by atoms with van der Waals surface area (Å²) in [5, 5.41) is 0. The van der Waals surface area contributed by atoms with Gasteiger partial charge in [-0.25, -0.2) is 0 Å². The van der Waals surface area contributed by atoms with Crippen LogP contribution in [-0.4, -0.2) is 31.1 Å². The third-order valence-corrected chi connectivity index (χ3v) is 1.66. The summed E-state index contributed by atoms with van der Waals surface area (Å²) in [7, 11) is 0. The molecule has 0 saturated carbocycles. The van der Waals surface area contributed by atoms with Crippen LogP contribution in [0.2, 0.25) is 0 Å². The first-order chi connectivity index (χ1) is 5.35. The van der Waals surface area contributed by atoms with Crippen LogP contribution >= 0.6 is 0 Å². The lowest BCUT2D eigenvalue weighted by Crippen LogP contribution is -2.30. The number of hydrogen-bond acceptors (Lipinski definition) is 2. The number of unbranched alkanes of at least 4 members (excludes halogenated alkanes) is 1. The average Bonchev–Trinajstić information content (AvgIpc) is 2.01. The van der Waals surface area contributed by atoms with Gasteiger partial charge in [-0.3, -0.25) is 4.90 Å². The summed E-state index contributed by atoms with van der Waals surface area (Å²) in [4.78, 5) is 2.33. The van der Waals surface area contributed by atoms with Crippen molar-refractivity contribution in [3.8, 4) is 0 Å². The summed E-state index contributed by atoms with van der Waals surface area (Å²) in [5.41, 5.74) is 5.46. The van der Waals surface area contributed by atoms with Crippen LogP contribution in [0.25, 0.3) is 0 Å². The highest BCUT2D eigenvalue weighted by atomic mass is 15.1. The molecule has 0 aliphatic carbocycles. The van der Waals surface area contributed by atoms with Gasteiger partial charge in [0.05, 0.1) is 0 Å². The van der Waals surface area contributed by atoms with Crippen molar-refractivity contribution in [2.24, 2.45) is 5.73 Å². The lowest BCUT2D eigenvalue weighted by molar-refractivity contribution is 0.305. The molecule has 0 aromatic rings. The van der Waals surface area contributed by atoms with Crippen LogP contribution in [0.15, 0.2) is 12.7 Å². The molecule has 2 nitrogen and oxygen atoms in total. The Morgan fingerprint density at radius 2 is 2.18 bits per heavy atom. The van der Waals surface area contributed by atoms with Crippen molar-refractivity contribution in [3.63, 3.8) is 0 Å². The van der Waals surface area contributed by atoms with E-state index in [0.29, 0.717) is 0 Å². The molecule has 0 rings (SSSR count). The fourth-order valence-electron chi connectivity index (χ4n) is 1.04. The van der Waals surface area contributed by atoms with E-state index < -0.39 is 0 Å². The molecular weight excluding hydrogens is 136 g/mol. The van der Waals surface area contributed by atoms with Crippen molar-refractivity contribution < 1.29 is 0 Å². The van der Waals surface area contributed by atoms with Crippen molar-refractivity contribution >= 4 is 0 Å². The van der Waals surface area contributed by atoms with E-state index in [2.05, 4.69) is 18.4 Å². The van der Waals surface area contributed by atoms with Crippen molar-refractivity contribution in [2.75, 3.05) is 26.2 Å². The number of nitrogens with two attached hydrogens (primary N) is 1. The van der Waals surface area contributed by atoms with Gasteiger partial charge in [0.15, 0.2) is 0 Å². The van der Waals surface area contributed by atoms with E-state index in [1.54, 1.807) is 0 Å². The Kier molecular flexibility index (Phi) is 7.52. The van der Waals surface area contributed by atoms with Crippen molar-refractivity contribution in [1.82, 2.24) is 4.90 Å². The molecule has 11 heavy (non-hydrogen) atoms. The molecule has 2 N–H and O–H groups in total. The zero-order valence-electron chi connectivity index (χ0n) is 7.55. The molecule has 0 amide bonds. The maximum Gasteiger partial charge on any atom is 0.0161 e. The van der Waals surface area contributed by atoms with Gasteiger partial charge in [-0.05, 0) is 13.0 Å². The minimum absolute atomic E-state index is 0.748. The molecule has 66 valence electrons. The molecule has 0 radical (unpaired) electrons. The summed E-state index contributed by atoms with van der Waals surface area (Å²) >= 11 is 0. The van der Waals surface area contributed by atoms with Crippen LogP contribution in [0.5, 0.6) is 0 Å². The molecule has 0 saturated heterocycles. The number of hydrogen-bond donors (Lipinski definition) is 1. The van der Waals surface area contributed by atoms with Gasteiger partial charge in [-0.1, -0.05) is 19.4 Å². The largest absolute Gasteiger partial charge is 0.329 e. The smallest absolute Gasteiger partial charge is 0.0161 e. The zero-order chi connectivity index (χ0) is 8.53. The second kappa shape index (κ2) is 7.76. The van der Waals surface area contributed by atoms with E-state index in [1.165, 1.54) is 12.8 Å². The lowest BCUT2D eigenvalue weighted by atomic mass is 10.3. The monoisotopic (exact) mass is 156 g/mol. The van der Waals surface area contributed by atoms with Gasteiger partial charge in [-0.15, -0.1) is 6.58 Å². The molecular formula is C9H20N2. The molecule has 0 heterocycles. The third kappa shape index (κ3) is 6.07. The van der Waals surface area contributed by atoms with Gasteiger partial charge in [0.1, 0.15) is 0 Å². The van der Waals surface area contributed by atoms with Gasteiger partial charge >= 0.3 is 0 Å². The molecule has 2 heteroatoms. The van der Waals surface area contributed by atoms with Gasteiger partial charge < -0.3 is 5.73 Å². The minimum atomic E-state index is 0.748. The maximum absolute atomic E-state index is 5.46. The topological polar surface area (TPSA) is 29.3 Å². The average molecular weight is 156 g/mol. The van der Waals surface area contributed by atoms with Crippen LogP contribution in [0.4, 0.5) is 0 Å². The molecule has 0 aromatic carbocycles. The van der Waals surface area contributed by atoms with Crippen molar-refractivity contribution in [1.29, 1.82) is 0 Å². The predicted octanol–water partition coefficient (Wildman–Crippen LogP) is 1.23. The van der Waals surface area contributed by atoms with E-state index in [1.807, 2.05) is 6.08 Å². The molecule has 0 bridgehead atoms. The Hall–Kier alpha value is -0.340. The Morgan fingerprint density at radius 1 is 1.45 bits per heavy atom.